The Bertz CT molecular complexity index is 673. The topological polar surface area (TPSA) is 73.8 Å². The van der Waals surface area contributed by atoms with Crippen molar-refractivity contribution in [1.29, 1.82) is 0 Å². The van der Waals surface area contributed by atoms with Crippen molar-refractivity contribution in [3.63, 3.8) is 0 Å². The summed E-state index contributed by atoms with van der Waals surface area (Å²) in [5.41, 5.74) is 2.45. The molecule has 25 heavy (non-hydrogen) atoms. The number of halogens is 1. The number of anilines is 1. The van der Waals surface area contributed by atoms with E-state index in [1.54, 1.807) is 7.05 Å². The van der Waals surface area contributed by atoms with Gasteiger partial charge in [-0.15, -0.1) is 24.0 Å². The quantitative estimate of drug-likeness (QED) is 0.371. The van der Waals surface area contributed by atoms with Crippen molar-refractivity contribution in [2.45, 2.75) is 25.8 Å². The van der Waals surface area contributed by atoms with E-state index in [9.17, 15) is 8.42 Å². The molecule has 1 aliphatic rings. The largest absolute Gasteiger partial charge is 0.372 e. The molecule has 1 atom stereocenters. The third-order valence-corrected chi connectivity index (χ3v) is 5.13. The van der Waals surface area contributed by atoms with Crippen LogP contribution in [0.1, 0.15) is 31.4 Å². The maximum Gasteiger partial charge on any atom is 0.191 e. The van der Waals surface area contributed by atoms with Gasteiger partial charge in [0.15, 0.2) is 5.96 Å². The monoisotopic (exact) mass is 480 g/mol. The Labute approximate surface area is 168 Å². The zero-order valence-electron chi connectivity index (χ0n) is 15.2. The first-order chi connectivity index (χ1) is 11.4. The predicted molar refractivity (Wildman–Crippen MR) is 116 cm³/mol. The molecule has 0 radical (unpaired) electrons. The van der Waals surface area contributed by atoms with Crippen molar-refractivity contribution in [3.05, 3.63) is 29.8 Å². The minimum Gasteiger partial charge on any atom is -0.372 e. The van der Waals surface area contributed by atoms with Crippen molar-refractivity contribution in [2.24, 2.45) is 4.99 Å². The molecule has 0 bridgehead atoms. The highest BCUT2D eigenvalue weighted by atomic mass is 127. The fourth-order valence-electron chi connectivity index (χ4n) is 2.80. The minimum atomic E-state index is -2.97. The summed E-state index contributed by atoms with van der Waals surface area (Å²) in [5, 5.41) is 6.36. The van der Waals surface area contributed by atoms with E-state index >= 15 is 0 Å². The smallest absolute Gasteiger partial charge is 0.191 e. The second-order valence-corrected chi connectivity index (χ2v) is 8.54. The van der Waals surface area contributed by atoms with Crippen LogP contribution in [0.5, 0.6) is 0 Å². The van der Waals surface area contributed by atoms with Gasteiger partial charge in [-0.3, -0.25) is 4.99 Å². The number of nitrogens with zero attached hydrogens (tertiary/aromatic N) is 2. The number of benzene rings is 1. The minimum absolute atomic E-state index is 0. The molecule has 1 aromatic carbocycles. The van der Waals surface area contributed by atoms with Crippen LogP contribution in [0.3, 0.4) is 0 Å². The highest BCUT2D eigenvalue weighted by molar-refractivity contribution is 14.0. The van der Waals surface area contributed by atoms with Crippen LogP contribution in [0.15, 0.2) is 29.3 Å². The number of hydrogen-bond donors (Lipinski definition) is 2. The van der Waals surface area contributed by atoms with Gasteiger partial charge in [-0.1, -0.05) is 12.1 Å². The Kier molecular flexibility index (Phi) is 8.98. The fraction of sp³-hybridized carbons (Fsp3) is 0.588. The molecule has 0 aliphatic carbocycles. The second kappa shape index (κ2) is 10.2. The van der Waals surface area contributed by atoms with Gasteiger partial charge in [0.25, 0.3) is 0 Å². The summed E-state index contributed by atoms with van der Waals surface area (Å²) in [6.45, 7) is 4.67. The molecule has 8 heteroatoms. The second-order valence-electron chi connectivity index (χ2n) is 6.28. The van der Waals surface area contributed by atoms with Gasteiger partial charge < -0.3 is 15.5 Å². The molecular formula is C17H29IN4O2S. The molecule has 1 unspecified atom stereocenters. The summed E-state index contributed by atoms with van der Waals surface area (Å²) in [5.74, 6) is 0.699. The highest BCUT2D eigenvalue weighted by Crippen LogP contribution is 2.23. The van der Waals surface area contributed by atoms with Crippen LogP contribution in [0.25, 0.3) is 0 Å². The molecule has 1 heterocycles. The molecule has 142 valence electrons. The number of rotatable bonds is 6. The molecule has 1 aromatic rings. The lowest BCUT2D eigenvalue weighted by atomic mass is 10.1. The Balaban J connectivity index is 0.00000312. The van der Waals surface area contributed by atoms with Crippen LogP contribution < -0.4 is 15.5 Å². The number of aliphatic imine (C=N–C) groups is 1. The Hall–Kier alpha value is -1.03. The number of nitrogens with one attached hydrogen (secondary N) is 2. The lowest BCUT2D eigenvalue weighted by molar-refractivity contribution is 0.600. The Morgan fingerprint density at radius 3 is 2.60 bits per heavy atom. The Morgan fingerprint density at radius 2 is 2.00 bits per heavy atom. The molecule has 1 aliphatic heterocycles. The number of guanidine groups is 1. The van der Waals surface area contributed by atoms with Gasteiger partial charge in [0.1, 0.15) is 9.84 Å². The summed E-state index contributed by atoms with van der Waals surface area (Å²) in [4.78, 5) is 6.57. The van der Waals surface area contributed by atoms with E-state index in [0.29, 0.717) is 12.5 Å². The molecule has 6 nitrogen and oxygen atoms in total. The van der Waals surface area contributed by atoms with Crippen molar-refractivity contribution in [1.82, 2.24) is 10.6 Å². The van der Waals surface area contributed by atoms with Gasteiger partial charge in [0.05, 0.1) is 11.8 Å². The van der Waals surface area contributed by atoms with Gasteiger partial charge in [0, 0.05) is 38.6 Å². The highest BCUT2D eigenvalue weighted by Gasteiger charge is 2.14. The van der Waals surface area contributed by atoms with Crippen LogP contribution >= 0.6 is 24.0 Å². The molecule has 1 saturated heterocycles. The zero-order valence-corrected chi connectivity index (χ0v) is 18.3. The number of hydrogen-bond acceptors (Lipinski definition) is 4. The first-order valence-corrected chi connectivity index (χ1v) is 10.4. The summed E-state index contributed by atoms with van der Waals surface area (Å²) >= 11 is 0. The van der Waals surface area contributed by atoms with Crippen LogP contribution in [-0.4, -0.2) is 53.1 Å². The molecular weight excluding hydrogens is 451 g/mol. The third kappa shape index (κ3) is 7.39. The van der Waals surface area contributed by atoms with Crippen molar-refractivity contribution in [2.75, 3.05) is 43.6 Å². The average Bonchev–Trinajstić information content (AvgIpc) is 3.07. The van der Waals surface area contributed by atoms with Gasteiger partial charge in [0.2, 0.25) is 0 Å². The lowest BCUT2D eigenvalue weighted by Gasteiger charge is -2.22. The van der Waals surface area contributed by atoms with E-state index in [4.69, 9.17) is 0 Å². The maximum atomic E-state index is 11.2. The van der Waals surface area contributed by atoms with Crippen LogP contribution in [0, 0.1) is 0 Å². The Morgan fingerprint density at radius 1 is 1.32 bits per heavy atom. The van der Waals surface area contributed by atoms with Crippen molar-refractivity contribution in [3.8, 4) is 0 Å². The van der Waals surface area contributed by atoms with E-state index in [0.717, 1.165) is 13.1 Å². The van der Waals surface area contributed by atoms with E-state index in [-0.39, 0.29) is 35.8 Å². The molecule has 2 rings (SSSR count). The number of sulfone groups is 1. The van der Waals surface area contributed by atoms with E-state index in [1.165, 1.54) is 30.3 Å². The third-order valence-electron chi connectivity index (χ3n) is 4.18. The zero-order chi connectivity index (χ0) is 17.6. The van der Waals surface area contributed by atoms with Crippen LogP contribution in [0.2, 0.25) is 0 Å². The van der Waals surface area contributed by atoms with Crippen LogP contribution in [-0.2, 0) is 9.84 Å². The average molecular weight is 480 g/mol. The van der Waals surface area contributed by atoms with Crippen LogP contribution in [0.4, 0.5) is 5.69 Å². The van der Waals surface area contributed by atoms with Crippen molar-refractivity contribution >= 4 is 45.5 Å². The van der Waals surface area contributed by atoms with E-state index in [1.807, 2.05) is 0 Å². The van der Waals surface area contributed by atoms with E-state index in [2.05, 4.69) is 51.7 Å². The SMILES string of the molecule is CN=C(NCCS(C)(=O)=O)NC(C)c1cccc(N2CCCC2)c1.I. The normalized spacial score (nSPS) is 16.3. The first-order valence-electron chi connectivity index (χ1n) is 8.39. The summed E-state index contributed by atoms with van der Waals surface area (Å²) in [6.07, 6.45) is 3.75. The lowest BCUT2D eigenvalue weighted by Crippen LogP contribution is -2.40. The van der Waals surface area contributed by atoms with Gasteiger partial charge in [-0.05, 0) is 37.5 Å². The molecule has 0 spiro atoms. The van der Waals surface area contributed by atoms with E-state index < -0.39 is 9.84 Å². The van der Waals surface area contributed by atoms with Gasteiger partial charge >= 0.3 is 0 Å². The fourth-order valence-corrected chi connectivity index (χ4v) is 3.28. The summed E-state index contributed by atoms with van der Waals surface area (Å²) in [7, 11) is -1.29. The predicted octanol–water partition coefficient (Wildman–Crippen LogP) is 2.18. The maximum absolute atomic E-state index is 11.2. The van der Waals surface area contributed by atoms with Crippen molar-refractivity contribution < 1.29 is 8.42 Å². The molecule has 2 N–H and O–H groups in total. The summed E-state index contributed by atoms with van der Waals surface area (Å²) < 4.78 is 22.4. The molecule has 0 amide bonds. The summed E-state index contributed by atoms with van der Waals surface area (Å²) in [6, 6.07) is 8.63. The van der Waals surface area contributed by atoms with Gasteiger partial charge in [-0.2, -0.15) is 0 Å². The molecule has 0 saturated carbocycles. The molecule has 0 aromatic heterocycles. The molecule has 1 fully saturated rings. The van der Waals surface area contributed by atoms with Gasteiger partial charge in [-0.25, -0.2) is 8.42 Å². The first kappa shape index (κ1) is 22.0. The standard InChI is InChI=1S/C17H28N4O2S.HI/c1-14(20-17(18-2)19-9-12-24(3,22)23)15-7-6-8-16(13-15)21-10-4-5-11-21;/h6-8,13-14H,4-5,9-12H2,1-3H3,(H2,18,19,20);1H.